The molecule has 0 fully saturated rings. The first-order valence-corrected chi connectivity index (χ1v) is 11.9. The van der Waals surface area contributed by atoms with Crippen LogP contribution in [-0.4, -0.2) is 29.8 Å². The molecule has 0 aliphatic carbocycles. The molecule has 2 rings (SSSR count). The number of carbonyl (C=O) groups is 5. The van der Waals surface area contributed by atoms with Crippen LogP contribution in [0.3, 0.4) is 0 Å². The van der Waals surface area contributed by atoms with Crippen molar-refractivity contribution in [3.8, 4) is 28.7 Å². The molecular weight excluding hydrogens is 532 g/mol. The highest BCUT2D eigenvalue weighted by atomic mass is 16.6. The largest absolute Gasteiger partial charge is 0.423 e. The quantitative estimate of drug-likeness (QED) is 0.204. The molecule has 0 saturated carbocycles. The SMILES string of the molecule is C=C(C)C(=O)Oc1cc(OC(=O)C=Cc2ccc(OC(=O)C(=C)C)c(OC(=O)C(=C)C)c2)cc(OC(=O)C(=C)C)c1. The lowest BCUT2D eigenvalue weighted by molar-refractivity contribution is -0.132. The van der Waals surface area contributed by atoms with E-state index in [2.05, 4.69) is 26.3 Å². The standard InChI is InChI=1S/C31H28O10/c1-17(2)28(33)38-23-14-22(15-24(16-23)39-29(34)18(3)4)37-27(32)12-10-21-9-11-25(40-30(35)19(5)6)26(13-21)41-31(36)20(7)8/h9-16H,1,3,5,7H2,2,4,6,8H3. The van der Waals surface area contributed by atoms with Crippen molar-refractivity contribution in [1.82, 2.24) is 0 Å². The lowest BCUT2D eigenvalue weighted by Gasteiger charge is -2.11. The molecule has 0 spiro atoms. The zero-order chi connectivity index (χ0) is 30.9. The molecule has 2 aromatic carbocycles. The van der Waals surface area contributed by atoms with Crippen molar-refractivity contribution < 1.29 is 47.7 Å². The molecule has 10 heteroatoms. The molecule has 0 radical (unpaired) electrons. The van der Waals surface area contributed by atoms with Crippen LogP contribution in [0, 0.1) is 0 Å². The van der Waals surface area contributed by atoms with E-state index in [0.717, 1.165) is 6.08 Å². The topological polar surface area (TPSA) is 132 Å². The van der Waals surface area contributed by atoms with E-state index in [9.17, 15) is 24.0 Å². The Balaban J connectivity index is 2.32. The van der Waals surface area contributed by atoms with Crippen LogP contribution >= 0.6 is 0 Å². The third-order valence-electron chi connectivity index (χ3n) is 4.67. The van der Waals surface area contributed by atoms with E-state index in [1.165, 1.54) is 70.2 Å². The van der Waals surface area contributed by atoms with Gasteiger partial charge in [0.2, 0.25) is 0 Å². The van der Waals surface area contributed by atoms with Crippen molar-refractivity contribution in [3.63, 3.8) is 0 Å². The van der Waals surface area contributed by atoms with E-state index in [-0.39, 0.29) is 51.0 Å². The van der Waals surface area contributed by atoms with Crippen LogP contribution in [0.25, 0.3) is 6.08 Å². The second kappa shape index (κ2) is 14.0. The summed E-state index contributed by atoms with van der Waals surface area (Å²) in [6.45, 7) is 19.8. The first kappa shape index (κ1) is 31.7. The van der Waals surface area contributed by atoms with Crippen molar-refractivity contribution in [2.24, 2.45) is 0 Å². The van der Waals surface area contributed by atoms with Gasteiger partial charge in [-0.05, 0) is 51.5 Å². The van der Waals surface area contributed by atoms with E-state index in [1.54, 1.807) is 0 Å². The Morgan fingerprint density at radius 3 is 1.37 bits per heavy atom. The summed E-state index contributed by atoms with van der Waals surface area (Å²) in [6, 6.07) is 7.96. The predicted molar refractivity (Wildman–Crippen MR) is 149 cm³/mol. The molecule has 0 aliphatic heterocycles. The van der Waals surface area contributed by atoms with Crippen LogP contribution in [-0.2, 0) is 24.0 Å². The van der Waals surface area contributed by atoms with E-state index < -0.39 is 29.8 Å². The lowest BCUT2D eigenvalue weighted by atomic mass is 10.2. The number of benzene rings is 2. The molecule has 0 atom stereocenters. The van der Waals surface area contributed by atoms with E-state index in [1.807, 2.05) is 0 Å². The summed E-state index contributed by atoms with van der Waals surface area (Å²) in [5, 5.41) is 0. The number of rotatable bonds is 11. The third kappa shape index (κ3) is 9.95. The first-order valence-electron chi connectivity index (χ1n) is 11.9. The minimum atomic E-state index is -0.858. The van der Waals surface area contributed by atoms with Gasteiger partial charge in [-0.3, -0.25) is 0 Å². The number of carbonyl (C=O) groups excluding carboxylic acids is 5. The van der Waals surface area contributed by atoms with Gasteiger partial charge in [-0.25, -0.2) is 24.0 Å². The van der Waals surface area contributed by atoms with Gasteiger partial charge in [0.25, 0.3) is 0 Å². The molecule has 0 saturated heterocycles. The average molecular weight is 561 g/mol. The zero-order valence-corrected chi connectivity index (χ0v) is 23.0. The lowest BCUT2D eigenvalue weighted by Crippen LogP contribution is -2.13. The smallest absolute Gasteiger partial charge is 0.338 e. The maximum Gasteiger partial charge on any atom is 0.338 e. The molecule has 0 bridgehead atoms. The Kier molecular flexibility index (Phi) is 10.9. The zero-order valence-electron chi connectivity index (χ0n) is 23.0. The molecular formula is C31H28O10. The summed E-state index contributed by atoms with van der Waals surface area (Å²) in [5.74, 6) is -4.22. The molecule has 0 heterocycles. The molecule has 0 aromatic heterocycles. The van der Waals surface area contributed by atoms with Crippen molar-refractivity contribution in [2.45, 2.75) is 27.7 Å². The molecule has 212 valence electrons. The van der Waals surface area contributed by atoms with Crippen LogP contribution in [0.5, 0.6) is 28.7 Å². The first-order chi connectivity index (χ1) is 19.2. The molecule has 10 nitrogen and oxygen atoms in total. The number of hydrogen-bond acceptors (Lipinski definition) is 10. The highest BCUT2D eigenvalue weighted by Gasteiger charge is 2.16. The van der Waals surface area contributed by atoms with Crippen molar-refractivity contribution in [2.75, 3.05) is 0 Å². The second-order valence-corrected chi connectivity index (χ2v) is 8.78. The van der Waals surface area contributed by atoms with Gasteiger partial charge >= 0.3 is 29.8 Å². The van der Waals surface area contributed by atoms with Gasteiger partial charge in [0.05, 0.1) is 0 Å². The highest BCUT2D eigenvalue weighted by Crippen LogP contribution is 2.31. The summed E-state index contributed by atoms with van der Waals surface area (Å²) >= 11 is 0. The van der Waals surface area contributed by atoms with Crippen molar-refractivity contribution in [1.29, 1.82) is 0 Å². The van der Waals surface area contributed by atoms with Crippen LogP contribution in [0.1, 0.15) is 33.3 Å². The molecule has 2 aromatic rings. The molecule has 0 aliphatic rings. The summed E-state index contributed by atoms with van der Waals surface area (Å²) in [7, 11) is 0. The monoisotopic (exact) mass is 560 g/mol. The molecule has 0 unspecified atom stereocenters. The van der Waals surface area contributed by atoms with Gasteiger partial charge in [0, 0.05) is 46.6 Å². The maximum absolute atomic E-state index is 12.6. The third-order valence-corrected chi connectivity index (χ3v) is 4.67. The molecule has 0 N–H and O–H groups in total. The molecule has 41 heavy (non-hydrogen) atoms. The second-order valence-electron chi connectivity index (χ2n) is 8.78. The molecule has 0 amide bonds. The average Bonchev–Trinajstić information content (AvgIpc) is 2.88. The Hall–Kier alpha value is -5.51. The fraction of sp³-hybridized carbons (Fsp3) is 0.129. The van der Waals surface area contributed by atoms with Crippen LogP contribution in [0.15, 0.2) is 91.1 Å². The minimum absolute atomic E-state index is 0.0507. The Morgan fingerprint density at radius 2 is 0.927 bits per heavy atom. The number of ether oxygens (including phenoxy) is 5. The summed E-state index contributed by atoms with van der Waals surface area (Å²) < 4.78 is 26.1. The van der Waals surface area contributed by atoms with Gasteiger partial charge in [-0.2, -0.15) is 0 Å². The van der Waals surface area contributed by atoms with Gasteiger partial charge in [-0.15, -0.1) is 0 Å². The van der Waals surface area contributed by atoms with Crippen molar-refractivity contribution in [3.05, 3.63) is 96.6 Å². The summed E-state index contributed by atoms with van der Waals surface area (Å²) in [6.07, 6.45) is 2.41. The Morgan fingerprint density at radius 1 is 0.537 bits per heavy atom. The summed E-state index contributed by atoms with van der Waals surface area (Å²) in [5.41, 5.74) is 0.844. The van der Waals surface area contributed by atoms with E-state index in [4.69, 9.17) is 23.7 Å². The normalized spacial score (nSPS) is 10.2. The van der Waals surface area contributed by atoms with E-state index in [0.29, 0.717) is 5.56 Å². The van der Waals surface area contributed by atoms with Gasteiger partial charge in [0.1, 0.15) is 17.2 Å². The highest BCUT2D eigenvalue weighted by molar-refractivity contribution is 5.93. The number of hydrogen-bond donors (Lipinski definition) is 0. The Labute approximate surface area is 236 Å². The minimum Gasteiger partial charge on any atom is -0.423 e. The van der Waals surface area contributed by atoms with Crippen LogP contribution in [0.2, 0.25) is 0 Å². The van der Waals surface area contributed by atoms with E-state index >= 15 is 0 Å². The van der Waals surface area contributed by atoms with Crippen LogP contribution < -0.4 is 23.7 Å². The number of esters is 5. The van der Waals surface area contributed by atoms with Crippen molar-refractivity contribution >= 4 is 35.9 Å². The van der Waals surface area contributed by atoms with Gasteiger partial charge in [-0.1, -0.05) is 32.4 Å². The fourth-order valence-electron chi connectivity index (χ4n) is 2.59. The summed E-state index contributed by atoms with van der Waals surface area (Å²) in [4.78, 5) is 60.6. The van der Waals surface area contributed by atoms with Gasteiger partial charge in [0.15, 0.2) is 11.5 Å². The van der Waals surface area contributed by atoms with Gasteiger partial charge < -0.3 is 23.7 Å². The fourth-order valence-corrected chi connectivity index (χ4v) is 2.59. The van der Waals surface area contributed by atoms with Crippen LogP contribution in [0.4, 0.5) is 0 Å². The maximum atomic E-state index is 12.6. The Bertz CT molecular complexity index is 1460. The predicted octanol–water partition coefficient (Wildman–Crippen LogP) is 5.23.